The molecular formula is C24H26F5NO4. The molecule has 34 heavy (non-hydrogen) atoms. The van der Waals surface area contributed by atoms with Crippen LogP contribution in [0.15, 0.2) is 42.5 Å². The Labute approximate surface area is 193 Å². The third-order valence-corrected chi connectivity index (χ3v) is 5.57. The highest BCUT2D eigenvalue weighted by Crippen LogP contribution is 2.32. The summed E-state index contributed by atoms with van der Waals surface area (Å²) in [6.45, 7) is 0.471. The molecule has 0 aromatic heterocycles. The lowest BCUT2D eigenvalue weighted by molar-refractivity contribution is -0.145. The van der Waals surface area contributed by atoms with Crippen LogP contribution in [0.2, 0.25) is 0 Å². The predicted octanol–water partition coefficient (Wildman–Crippen LogP) is 4.32. The largest absolute Gasteiger partial charge is 0.458 e. The average Bonchev–Trinajstić information content (AvgIpc) is 2.81. The van der Waals surface area contributed by atoms with Gasteiger partial charge in [-0.1, -0.05) is 42.5 Å². The molecule has 1 aliphatic rings. The van der Waals surface area contributed by atoms with Crippen LogP contribution in [0.25, 0.3) is 0 Å². The van der Waals surface area contributed by atoms with Gasteiger partial charge in [-0.15, -0.1) is 0 Å². The van der Waals surface area contributed by atoms with Crippen molar-refractivity contribution < 1.29 is 41.6 Å². The molecule has 0 amide bonds. The molecule has 3 N–H and O–H groups in total. The first-order valence-corrected chi connectivity index (χ1v) is 10.9. The SMILES string of the molecule is OC(NCCc1ccccc1)O[C@@H]1/C=C/CC[C@H](C(O)Oc2c(F)c(F)c(F)c(F)c2F)CC1. The molecule has 0 saturated carbocycles. The van der Waals surface area contributed by atoms with Gasteiger partial charge in [0, 0.05) is 12.5 Å². The highest BCUT2D eigenvalue weighted by molar-refractivity contribution is 5.30. The van der Waals surface area contributed by atoms with E-state index < -0.39 is 59.6 Å². The van der Waals surface area contributed by atoms with Gasteiger partial charge in [0.2, 0.25) is 41.8 Å². The van der Waals surface area contributed by atoms with Gasteiger partial charge in [-0.05, 0) is 37.7 Å². The van der Waals surface area contributed by atoms with Crippen molar-refractivity contribution in [2.75, 3.05) is 6.54 Å². The van der Waals surface area contributed by atoms with Gasteiger partial charge in [-0.3, -0.25) is 5.32 Å². The molecule has 4 atom stereocenters. The van der Waals surface area contributed by atoms with E-state index in [4.69, 9.17) is 9.47 Å². The van der Waals surface area contributed by atoms with Crippen LogP contribution in [0.1, 0.15) is 31.2 Å². The molecule has 10 heteroatoms. The van der Waals surface area contributed by atoms with Gasteiger partial charge in [0.1, 0.15) is 0 Å². The summed E-state index contributed by atoms with van der Waals surface area (Å²) < 4.78 is 78.1. The van der Waals surface area contributed by atoms with E-state index in [1.54, 1.807) is 12.2 Å². The Balaban J connectivity index is 1.53. The number of aliphatic hydroxyl groups is 2. The van der Waals surface area contributed by atoms with Gasteiger partial charge >= 0.3 is 0 Å². The van der Waals surface area contributed by atoms with E-state index in [0.29, 0.717) is 32.2 Å². The van der Waals surface area contributed by atoms with Crippen LogP contribution in [-0.4, -0.2) is 35.6 Å². The van der Waals surface area contributed by atoms with E-state index in [0.717, 1.165) is 5.56 Å². The molecule has 0 spiro atoms. The normalized spacial score (nSPS) is 21.4. The lowest BCUT2D eigenvalue weighted by Gasteiger charge is -2.27. The molecular weight excluding hydrogens is 461 g/mol. The molecule has 0 aliphatic heterocycles. The second-order valence-electron chi connectivity index (χ2n) is 7.97. The number of nitrogens with one attached hydrogen (secondary N) is 1. The standard InChI is InChI=1S/C24H26F5NO4/c25-17-18(26)20(28)22(21(29)19(17)27)34-23(31)15-8-4-5-9-16(11-10-15)33-24(32)30-13-12-14-6-2-1-3-7-14/h1-3,5-7,9,15-16,23-24,30-32H,4,8,10-13H2/b9-5+/t15-,16+,23?,24?/m0/s1. The Bertz CT molecular complexity index is 947. The quantitative estimate of drug-likeness (QED) is 0.162. The summed E-state index contributed by atoms with van der Waals surface area (Å²) in [7, 11) is 0. The second-order valence-corrected chi connectivity index (χ2v) is 7.97. The molecule has 2 unspecified atom stereocenters. The van der Waals surface area contributed by atoms with E-state index >= 15 is 0 Å². The Hall–Kier alpha value is -2.53. The van der Waals surface area contributed by atoms with Gasteiger partial charge in [0.15, 0.2) is 5.75 Å². The highest BCUT2D eigenvalue weighted by atomic mass is 19.2. The Morgan fingerprint density at radius 2 is 1.53 bits per heavy atom. The fourth-order valence-corrected chi connectivity index (χ4v) is 3.68. The Morgan fingerprint density at radius 3 is 2.21 bits per heavy atom. The molecule has 2 aromatic rings. The first-order chi connectivity index (χ1) is 16.3. The van der Waals surface area contributed by atoms with Gasteiger partial charge in [0.05, 0.1) is 6.10 Å². The van der Waals surface area contributed by atoms with Crippen LogP contribution >= 0.6 is 0 Å². The summed E-state index contributed by atoms with van der Waals surface area (Å²) in [4.78, 5) is 0. The van der Waals surface area contributed by atoms with Crippen molar-refractivity contribution in [1.82, 2.24) is 5.32 Å². The van der Waals surface area contributed by atoms with E-state index in [1.165, 1.54) is 0 Å². The summed E-state index contributed by atoms with van der Waals surface area (Å²) in [6.07, 6.45) is 1.98. The highest BCUT2D eigenvalue weighted by Gasteiger charge is 2.31. The van der Waals surface area contributed by atoms with Crippen LogP contribution in [-0.2, 0) is 11.2 Å². The number of hydrogen-bond acceptors (Lipinski definition) is 5. The maximum atomic E-state index is 13.9. The molecule has 2 aromatic carbocycles. The van der Waals surface area contributed by atoms with Crippen molar-refractivity contribution in [2.24, 2.45) is 5.92 Å². The van der Waals surface area contributed by atoms with E-state index in [-0.39, 0.29) is 6.42 Å². The zero-order valence-corrected chi connectivity index (χ0v) is 18.2. The number of hydrogen-bond donors (Lipinski definition) is 3. The molecule has 5 nitrogen and oxygen atoms in total. The zero-order chi connectivity index (χ0) is 24.7. The van der Waals surface area contributed by atoms with Crippen molar-refractivity contribution in [3.05, 3.63) is 77.1 Å². The Kier molecular flexibility index (Phi) is 9.40. The number of aliphatic hydroxyl groups excluding tert-OH is 2. The van der Waals surface area contributed by atoms with E-state index in [2.05, 4.69) is 5.32 Å². The van der Waals surface area contributed by atoms with E-state index in [1.807, 2.05) is 30.3 Å². The minimum absolute atomic E-state index is 0.252. The number of halogens is 5. The summed E-state index contributed by atoms with van der Waals surface area (Å²) in [5, 5.41) is 23.3. The number of benzene rings is 2. The monoisotopic (exact) mass is 487 g/mol. The summed E-state index contributed by atoms with van der Waals surface area (Å²) in [6, 6.07) is 9.68. The van der Waals surface area contributed by atoms with Crippen molar-refractivity contribution in [3.63, 3.8) is 0 Å². The van der Waals surface area contributed by atoms with Crippen LogP contribution in [0.5, 0.6) is 5.75 Å². The summed E-state index contributed by atoms with van der Waals surface area (Å²) in [5.74, 6) is -13.1. The Morgan fingerprint density at radius 1 is 0.882 bits per heavy atom. The fourth-order valence-electron chi connectivity index (χ4n) is 3.68. The molecule has 0 bridgehead atoms. The van der Waals surface area contributed by atoms with Crippen molar-refractivity contribution in [3.8, 4) is 5.75 Å². The average molecular weight is 487 g/mol. The number of rotatable bonds is 9. The lowest BCUT2D eigenvalue weighted by Crippen LogP contribution is -2.36. The first kappa shape index (κ1) is 26.1. The maximum Gasteiger partial charge on any atom is 0.214 e. The molecule has 3 rings (SSSR count). The number of ether oxygens (including phenoxy) is 2. The predicted molar refractivity (Wildman–Crippen MR) is 113 cm³/mol. The van der Waals surface area contributed by atoms with Gasteiger partial charge < -0.3 is 19.7 Å². The smallest absolute Gasteiger partial charge is 0.214 e. The molecule has 1 aliphatic carbocycles. The van der Waals surface area contributed by atoms with Crippen molar-refractivity contribution in [2.45, 2.75) is 50.9 Å². The first-order valence-electron chi connectivity index (χ1n) is 10.9. The molecule has 0 radical (unpaired) electrons. The van der Waals surface area contributed by atoms with Crippen LogP contribution in [0.4, 0.5) is 22.0 Å². The van der Waals surface area contributed by atoms with Crippen LogP contribution < -0.4 is 10.1 Å². The lowest BCUT2D eigenvalue weighted by atomic mass is 9.92. The maximum absolute atomic E-state index is 13.9. The second kappa shape index (κ2) is 12.3. The van der Waals surface area contributed by atoms with Crippen molar-refractivity contribution >= 4 is 0 Å². The topological polar surface area (TPSA) is 71.0 Å². The minimum Gasteiger partial charge on any atom is -0.458 e. The minimum atomic E-state index is -2.30. The van der Waals surface area contributed by atoms with Gasteiger partial charge in [0.25, 0.3) is 0 Å². The van der Waals surface area contributed by atoms with Crippen LogP contribution in [0, 0.1) is 35.0 Å². The molecule has 0 fully saturated rings. The summed E-state index contributed by atoms with van der Waals surface area (Å²) >= 11 is 0. The van der Waals surface area contributed by atoms with Gasteiger partial charge in [-0.25, -0.2) is 13.2 Å². The molecule has 0 heterocycles. The molecule has 186 valence electrons. The number of allylic oxidation sites excluding steroid dienone is 1. The van der Waals surface area contributed by atoms with Crippen LogP contribution in [0.3, 0.4) is 0 Å². The van der Waals surface area contributed by atoms with Gasteiger partial charge in [-0.2, -0.15) is 8.78 Å². The third kappa shape index (κ3) is 6.75. The van der Waals surface area contributed by atoms with Crippen molar-refractivity contribution in [1.29, 1.82) is 0 Å². The zero-order valence-electron chi connectivity index (χ0n) is 18.2. The third-order valence-electron chi connectivity index (χ3n) is 5.57. The summed E-state index contributed by atoms with van der Waals surface area (Å²) in [5.41, 5.74) is 1.10. The fraction of sp³-hybridized carbons (Fsp3) is 0.417. The molecule has 0 saturated heterocycles. The van der Waals surface area contributed by atoms with E-state index in [9.17, 15) is 32.2 Å².